The van der Waals surface area contributed by atoms with Crippen LogP contribution in [0.4, 0.5) is 0 Å². The highest BCUT2D eigenvalue weighted by Gasteiger charge is 2.14. The molecule has 1 fully saturated rings. The lowest BCUT2D eigenvalue weighted by Crippen LogP contribution is -2.30. The van der Waals surface area contributed by atoms with E-state index in [2.05, 4.69) is 5.32 Å². The summed E-state index contributed by atoms with van der Waals surface area (Å²) >= 11 is 0. The largest absolute Gasteiger partial charge is 0.385 e. The van der Waals surface area contributed by atoms with Gasteiger partial charge >= 0.3 is 0 Å². The molecule has 1 aliphatic rings. The van der Waals surface area contributed by atoms with Crippen molar-refractivity contribution in [2.75, 3.05) is 0 Å². The maximum atomic E-state index is 11.3. The van der Waals surface area contributed by atoms with E-state index >= 15 is 0 Å². The van der Waals surface area contributed by atoms with E-state index in [0.29, 0.717) is 6.04 Å². The predicted molar refractivity (Wildman–Crippen MR) is 75.1 cm³/mol. The van der Waals surface area contributed by atoms with Gasteiger partial charge in [-0.2, -0.15) is 0 Å². The first kappa shape index (κ1) is 12.9. The van der Waals surface area contributed by atoms with Crippen LogP contribution < -0.4 is 5.32 Å². The van der Waals surface area contributed by atoms with Gasteiger partial charge in [-0.3, -0.25) is 4.79 Å². The number of rotatable bonds is 4. The summed E-state index contributed by atoms with van der Waals surface area (Å²) < 4.78 is 0. The molecule has 0 radical (unpaired) electrons. The van der Waals surface area contributed by atoms with Gasteiger partial charge in [0.05, 0.1) is 0 Å². The zero-order valence-corrected chi connectivity index (χ0v) is 11.0. The molecule has 2 heteroatoms. The van der Waals surface area contributed by atoms with Crippen LogP contribution in [0, 0.1) is 0 Å². The summed E-state index contributed by atoms with van der Waals surface area (Å²) in [7, 11) is 0. The molecule has 0 spiro atoms. The quantitative estimate of drug-likeness (QED) is 0.647. The number of carbonyl (C=O) groups is 1. The van der Waals surface area contributed by atoms with Crippen molar-refractivity contribution in [2.24, 2.45) is 0 Å². The molecule has 0 atom stereocenters. The highest BCUT2D eigenvalue weighted by Crippen LogP contribution is 2.21. The van der Waals surface area contributed by atoms with E-state index in [9.17, 15) is 4.79 Å². The Balaban J connectivity index is 2.13. The van der Waals surface area contributed by atoms with Crippen molar-refractivity contribution in [1.82, 2.24) is 5.32 Å². The molecular weight excluding hydrogens is 222 g/mol. The number of nitrogens with one attached hydrogen (secondary N) is 1. The number of hydrogen-bond acceptors (Lipinski definition) is 2. The van der Waals surface area contributed by atoms with Crippen molar-refractivity contribution in [3.8, 4) is 0 Å². The van der Waals surface area contributed by atoms with Gasteiger partial charge in [0, 0.05) is 17.3 Å². The van der Waals surface area contributed by atoms with Gasteiger partial charge < -0.3 is 5.32 Å². The molecule has 0 bridgehead atoms. The minimum Gasteiger partial charge on any atom is -0.385 e. The standard InChI is InChI=1S/C16H21NO/c1-13(17-15-10-6-3-7-11-15)16(12-18)14-8-4-2-5-9-14/h2,4-5,8-9,12,15,17H,3,6-7,10-11H2,1H3. The average Bonchev–Trinajstić information content (AvgIpc) is 2.42. The molecule has 1 saturated carbocycles. The van der Waals surface area contributed by atoms with Crippen LogP contribution in [0.1, 0.15) is 44.6 Å². The lowest BCUT2D eigenvalue weighted by molar-refractivity contribution is -0.103. The third-order valence-corrected chi connectivity index (χ3v) is 3.63. The summed E-state index contributed by atoms with van der Waals surface area (Å²) in [6.45, 7) is 2.01. The van der Waals surface area contributed by atoms with Crippen molar-refractivity contribution in [3.05, 3.63) is 41.6 Å². The van der Waals surface area contributed by atoms with E-state index in [0.717, 1.165) is 23.1 Å². The van der Waals surface area contributed by atoms with Crippen molar-refractivity contribution in [2.45, 2.75) is 45.1 Å². The van der Waals surface area contributed by atoms with Crippen LogP contribution in [-0.4, -0.2) is 12.3 Å². The highest BCUT2D eigenvalue weighted by molar-refractivity contribution is 6.07. The van der Waals surface area contributed by atoms with Crippen LogP contribution in [0.25, 0.3) is 5.57 Å². The van der Waals surface area contributed by atoms with Crippen LogP contribution in [0.2, 0.25) is 0 Å². The number of allylic oxidation sites excluding steroid dienone is 2. The highest BCUT2D eigenvalue weighted by atomic mass is 16.1. The third-order valence-electron chi connectivity index (χ3n) is 3.63. The maximum Gasteiger partial charge on any atom is 0.152 e. The molecule has 1 aliphatic carbocycles. The Morgan fingerprint density at radius 3 is 2.44 bits per heavy atom. The Morgan fingerprint density at radius 1 is 1.17 bits per heavy atom. The fourth-order valence-corrected chi connectivity index (χ4v) is 2.62. The fraction of sp³-hybridized carbons (Fsp3) is 0.438. The minimum atomic E-state index is 0.539. The van der Waals surface area contributed by atoms with E-state index < -0.39 is 0 Å². The molecule has 2 rings (SSSR count). The lowest BCUT2D eigenvalue weighted by atomic mass is 9.95. The summed E-state index contributed by atoms with van der Waals surface area (Å²) in [4.78, 5) is 11.3. The van der Waals surface area contributed by atoms with Gasteiger partial charge in [-0.15, -0.1) is 0 Å². The smallest absolute Gasteiger partial charge is 0.152 e. The molecule has 2 nitrogen and oxygen atoms in total. The lowest BCUT2D eigenvalue weighted by Gasteiger charge is -2.25. The van der Waals surface area contributed by atoms with Crippen LogP contribution >= 0.6 is 0 Å². The van der Waals surface area contributed by atoms with Crippen LogP contribution in [0.5, 0.6) is 0 Å². The molecule has 18 heavy (non-hydrogen) atoms. The SMILES string of the molecule is CC(NC1CCCCC1)=C(C=O)c1ccccc1. The summed E-state index contributed by atoms with van der Waals surface area (Å²) in [5.74, 6) is 0. The monoisotopic (exact) mass is 243 g/mol. The van der Waals surface area contributed by atoms with Gasteiger partial charge in [0.25, 0.3) is 0 Å². The molecule has 0 amide bonds. The van der Waals surface area contributed by atoms with Crippen molar-refractivity contribution >= 4 is 11.9 Å². The van der Waals surface area contributed by atoms with E-state index in [1.807, 2.05) is 37.3 Å². The molecule has 1 aromatic rings. The van der Waals surface area contributed by atoms with Crippen molar-refractivity contribution in [1.29, 1.82) is 0 Å². The molecular formula is C16H21NO. The predicted octanol–water partition coefficient (Wildman–Crippen LogP) is 3.54. The zero-order chi connectivity index (χ0) is 12.8. The summed E-state index contributed by atoms with van der Waals surface area (Å²) in [6, 6.07) is 10.4. The van der Waals surface area contributed by atoms with Crippen LogP contribution in [0.3, 0.4) is 0 Å². The average molecular weight is 243 g/mol. The Bertz CT molecular complexity index is 416. The third kappa shape index (κ3) is 3.22. The molecule has 0 aliphatic heterocycles. The Labute approximate surface area is 109 Å². The first-order valence-electron chi connectivity index (χ1n) is 6.79. The first-order chi connectivity index (χ1) is 8.81. The zero-order valence-electron chi connectivity index (χ0n) is 11.0. The Morgan fingerprint density at radius 2 is 1.83 bits per heavy atom. The molecule has 1 aromatic carbocycles. The van der Waals surface area contributed by atoms with Gasteiger partial charge in [0.15, 0.2) is 6.29 Å². The second-order valence-electron chi connectivity index (χ2n) is 5.00. The summed E-state index contributed by atoms with van der Waals surface area (Å²) in [6.07, 6.45) is 7.34. The normalized spacial score (nSPS) is 18.1. The molecule has 0 heterocycles. The van der Waals surface area contributed by atoms with Gasteiger partial charge in [-0.25, -0.2) is 0 Å². The van der Waals surface area contributed by atoms with Gasteiger partial charge in [-0.05, 0) is 25.3 Å². The molecule has 1 N–H and O–H groups in total. The summed E-state index contributed by atoms with van der Waals surface area (Å²) in [5, 5.41) is 3.52. The first-order valence-corrected chi connectivity index (χ1v) is 6.79. The number of hydrogen-bond donors (Lipinski definition) is 1. The summed E-state index contributed by atoms with van der Waals surface area (Å²) in [5.41, 5.74) is 2.78. The van der Waals surface area contributed by atoms with Crippen molar-refractivity contribution in [3.63, 3.8) is 0 Å². The van der Waals surface area contributed by atoms with Gasteiger partial charge in [0.1, 0.15) is 0 Å². The molecule has 0 aromatic heterocycles. The Kier molecular flexibility index (Phi) is 4.57. The van der Waals surface area contributed by atoms with E-state index in [-0.39, 0.29) is 0 Å². The maximum absolute atomic E-state index is 11.3. The van der Waals surface area contributed by atoms with E-state index in [1.54, 1.807) is 0 Å². The van der Waals surface area contributed by atoms with Crippen molar-refractivity contribution < 1.29 is 4.79 Å². The fourth-order valence-electron chi connectivity index (χ4n) is 2.62. The number of aldehydes is 1. The van der Waals surface area contributed by atoms with Crippen LogP contribution in [0.15, 0.2) is 36.0 Å². The second-order valence-corrected chi connectivity index (χ2v) is 5.00. The number of carbonyl (C=O) groups excluding carboxylic acids is 1. The van der Waals surface area contributed by atoms with E-state index in [4.69, 9.17) is 0 Å². The topological polar surface area (TPSA) is 29.1 Å². The molecule has 96 valence electrons. The molecule has 0 unspecified atom stereocenters. The Hall–Kier alpha value is -1.57. The van der Waals surface area contributed by atoms with Gasteiger partial charge in [-0.1, -0.05) is 49.6 Å². The number of benzene rings is 1. The minimum absolute atomic E-state index is 0.539. The second kappa shape index (κ2) is 6.39. The van der Waals surface area contributed by atoms with Gasteiger partial charge in [0.2, 0.25) is 0 Å². The van der Waals surface area contributed by atoms with E-state index in [1.165, 1.54) is 32.1 Å². The van der Waals surface area contributed by atoms with Crippen LogP contribution in [-0.2, 0) is 4.79 Å². The molecule has 0 saturated heterocycles.